The van der Waals surface area contributed by atoms with Crippen LogP contribution >= 0.6 is 32.6 Å². The lowest BCUT2D eigenvalue weighted by molar-refractivity contribution is 1.67. The highest BCUT2D eigenvalue weighted by Gasteiger charge is 2.20. The minimum atomic E-state index is -0.495. The molecule has 1 heterocycles. The van der Waals surface area contributed by atoms with Crippen molar-refractivity contribution in [3.63, 3.8) is 0 Å². The Bertz CT molecular complexity index is 169. The summed E-state index contributed by atoms with van der Waals surface area (Å²) in [4.78, 5) is 1.55. The molecule has 1 rings (SSSR count). The maximum Gasteiger partial charge on any atom is 0.0320 e. The summed E-state index contributed by atoms with van der Waals surface area (Å²) in [6.07, 6.45) is 9.14. The van der Waals surface area contributed by atoms with E-state index in [9.17, 15) is 0 Å². The summed E-state index contributed by atoms with van der Waals surface area (Å²) in [5.41, 5.74) is 0. The average Bonchev–Trinajstić information content (AvgIpc) is 1.96. The monoisotopic (exact) mass is 254 g/mol. The van der Waals surface area contributed by atoms with E-state index in [-0.39, 0.29) is 0 Å². The van der Waals surface area contributed by atoms with Crippen molar-refractivity contribution in [2.75, 3.05) is 12.5 Å². The molecule has 1 aliphatic rings. The Labute approximate surface area is 71.9 Å². The third kappa shape index (κ3) is 1.19. The fourth-order valence-electron chi connectivity index (χ4n) is 0.677. The molecule has 1 aliphatic heterocycles. The van der Waals surface area contributed by atoms with Crippen LogP contribution in [0.5, 0.6) is 0 Å². The average molecular weight is 254 g/mol. The zero-order chi connectivity index (χ0) is 7.07. The van der Waals surface area contributed by atoms with Crippen LogP contribution in [0.4, 0.5) is 0 Å². The molecule has 0 atom stereocenters. The van der Waals surface area contributed by atoms with Gasteiger partial charge in [0.1, 0.15) is 0 Å². The molecule has 0 saturated heterocycles. The molecular formula is C7H11IS. The fraction of sp³-hybridized carbons (Fsp3) is 0.429. The minimum absolute atomic E-state index is 0.495. The summed E-state index contributed by atoms with van der Waals surface area (Å²) in [5.74, 6) is 0. The van der Waals surface area contributed by atoms with Crippen LogP contribution in [0.25, 0.3) is 0 Å². The van der Waals surface area contributed by atoms with E-state index < -0.39 is 10.0 Å². The Kier molecular flexibility index (Phi) is 1.97. The summed E-state index contributed by atoms with van der Waals surface area (Å²) < 4.78 is 1.53. The van der Waals surface area contributed by atoms with Crippen LogP contribution in [0, 0.1) is 0 Å². The van der Waals surface area contributed by atoms with E-state index in [0.29, 0.717) is 0 Å². The van der Waals surface area contributed by atoms with E-state index in [2.05, 4.69) is 54.2 Å². The molecule has 0 aromatic rings. The molecule has 0 fully saturated rings. The zero-order valence-corrected chi connectivity index (χ0v) is 8.91. The molecular weight excluding hydrogens is 243 g/mol. The van der Waals surface area contributed by atoms with Gasteiger partial charge in [-0.25, -0.2) is 0 Å². The van der Waals surface area contributed by atoms with E-state index in [0.717, 1.165) is 0 Å². The molecule has 0 nitrogen and oxygen atoms in total. The van der Waals surface area contributed by atoms with Gasteiger partial charge in [0.15, 0.2) is 0 Å². The van der Waals surface area contributed by atoms with Crippen LogP contribution in [0.1, 0.15) is 6.92 Å². The molecule has 0 aromatic carbocycles. The normalized spacial score (nSPS) is 27.1. The molecule has 0 aliphatic carbocycles. The molecule has 2 heteroatoms. The van der Waals surface area contributed by atoms with Crippen molar-refractivity contribution in [1.29, 1.82) is 0 Å². The SMILES string of the molecule is CC1=CC=C(I)S1(C)C. The van der Waals surface area contributed by atoms with Crippen molar-refractivity contribution >= 4 is 32.6 Å². The van der Waals surface area contributed by atoms with E-state index in [1.54, 1.807) is 4.91 Å². The predicted octanol–water partition coefficient (Wildman–Crippen LogP) is 3.24. The molecule has 0 radical (unpaired) electrons. The first kappa shape index (κ1) is 7.66. The first-order valence-electron chi connectivity index (χ1n) is 2.82. The molecule has 0 saturated carbocycles. The van der Waals surface area contributed by atoms with E-state index in [4.69, 9.17) is 0 Å². The Morgan fingerprint density at radius 1 is 1.33 bits per heavy atom. The molecule has 0 spiro atoms. The lowest BCUT2D eigenvalue weighted by Gasteiger charge is -2.27. The molecule has 0 N–H and O–H groups in total. The van der Waals surface area contributed by atoms with Crippen LogP contribution in [-0.2, 0) is 0 Å². The van der Waals surface area contributed by atoms with Gasteiger partial charge in [0.05, 0.1) is 0 Å². The number of allylic oxidation sites excluding steroid dienone is 3. The summed E-state index contributed by atoms with van der Waals surface area (Å²) in [6.45, 7) is 2.22. The smallest absolute Gasteiger partial charge is 0.0320 e. The van der Waals surface area contributed by atoms with Gasteiger partial charge in [0.25, 0.3) is 0 Å². The second-order valence-corrected chi connectivity index (χ2v) is 8.21. The van der Waals surface area contributed by atoms with Crippen LogP contribution < -0.4 is 0 Å². The minimum Gasteiger partial charge on any atom is -0.192 e. The van der Waals surface area contributed by atoms with Gasteiger partial charge in [-0.3, -0.25) is 0 Å². The van der Waals surface area contributed by atoms with Crippen molar-refractivity contribution < 1.29 is 0 Å². The van der Waals surface area contributed by atoms with Crippen molar-refractivity contribution in [3.05, 3.63) is 20.0 Å². The second-order valence-electron chi connectivity index (χ2n) is 2.57. The first-order valence-corrected chi connectivity index (χ1v) is 6.35. The Morgan fingerprint density at radius 2 is 1.89 bits per heavy atom. The Hall–Kier alpha value is 0.560. The predicted molar refractivity (Wildman–Crippen MR) is 55.3 cm³/mol. The maximum absolute atomic E-state index is 2.44. The highest BCUT2D eigenvalue weighted by atomic mass is 127. The van der Waals surface area contributed by atoms with E-state index in [1.165, 1.54) is 2.91 Å². The standard InChI is InChI=1S/C7H11IS/c1-6-4-5-7(8)9(6,2)3/h4-5H,1-3H3. The van der Waals surface area contributed by atoms with Gasteiger partial charge in [-0.05, 0) is 53.0 Å². The molecule has 0 bridgehead atoms. The molecule has 0 aromatic heterocycles. The number of hydrogen-bond acceptors (Lipinski definition) is 0. The number of halogens is 1. The highest BCUT2D eigenvalue weighted by molar-refractivity contribution is 14.1. The third-order valence-corrected chi connectivity index (χ3v) is 8.26. The van der Waals surface area contributed by atoms with Crippen molar-refractivity contribution in [2.24, 2.45) is 0 Å². The lowest BCUT2D eigenvalue weighted by atomic mass is 10.5. The van der Waals surface area contributed by atoms with Gasteiger partial charge in [0.2, 0.25) is 0 Å². The molecule has 0 amide bonds. The summed E-state index contributed by atoms with van der Waals surface area (Å²) >= 11 is 2.44. The van der Waals surface area contributed by atoms with Crippen molar-refractivity contribution in [1.82, 2.24) is 0 Å². The van der Waals surface area contributed by atoms with Crippen molar-refractivity contribution in [2.45, 2.75) is 6.92 Å². The van der Waals surface area contributed by atoms with Gasteiger partial charge in [0, 0.05) is 2.91 Å². The topological polar surface area (TPSA) is 0 Å². The van der Waals surface area contributed by atoms with Gasteiger partial charge in [-0.2, -0.15) is 10.0 Å². The van der Waals surface area contributed by atoms with Crippen LogP contribution in [0.3, 0.4) is 0 Å². The summed E-state index contributed by atoms with van der Waals surface area (Å²) in [7, 11) is -0.495. The molecule has 52 valence electrons. The highest BCUT2D eigenvalue weighted by Crippen LogP contribution is 2.61. The van der Waals surface area contributed by atoms with Gasteiger partial charge in [-0.1, -0.05) is 6.08 Å². The maximum atomic E-state index is 2.44. The zero-order valence-electron chi connectivity index (χ0n) is 5.94. The Morgan fingerprint density at radius 3 is 2.00 bits per heavy atom. The van der Waals surface area contributed by atoms with Crippen LogP contribution in [0.15, 0.2) is 20.0 Å². The molecule has 9 heavy (non-hydrogen) atoms. The van der Waals surface area contributed by atoms with Crippen molar-refractivity contribution in [3.8, 4) is 0 Å². The van der Waals surface area contributed by atoms with Crippen LogP contribution in [-0.4, -0.2) is 12.5 Å². The van der Waals surface area contributed by atoms with Gasteiger partial charge >= 0.3 is 0 Å². The number of rotatable bonds is 0. The molecule has 0 unspecified atom stereocenters. The quantitative estimate of drug-likeness (QED) is 0.582. The number of hydrogen-bond donors (Lipinski definition) is 0. The summed E-state index contributed by atoms with van der Waals surface area (Å²) in [5, 5.41) is 0. The van der Waals surface area contributed by atoms with Gasteiger partial charge in [-0.15, -0.1) is 0 Å². The van der Waals surface area contributed by atoms with Crippen LogP contribution in [0.2, 0.25) is 0 Å². The van der Waals surface area contributed by atoms with E-state index in [1.807, 2.05) is 0 Å². The largest absolute Gasteiger partial charge is 0.192 e. The lowest BCUT2D eigenvalue weighted by Crippen LogP contribution is -1.90. The summed E-state index contributed by atoms with van der Waals surface area (Å²) in [6, 6.07) is 0. The van der Waals surface area contributed by atoms with E-state index >= 15 is 0 Å². The Balaban J connectivity index is 2.96. The van der Waals surface area contributed by atoms with Gasteiger partial charge < -0.3 is 0 Å². The second kappa shape index (κ2) is 2.31. The fourth-order valence-corrected chi connectivity index (χ4v) is 3.02. The first-order chi connectivity index (χ1) is 4.05. The third-order valence-electron chi connectivity index (χ3n) is 1.74.